The highest BCUT2D eigenvalue weighted by molar-refractivity contribution is 7.89. The minimum atomic E-state index is -3.23. The molecule has 1 aromatic carbocycles. The molecular formula is C17H26N4O2S. The molecule has 2 aliphatic rings. The lowest BCUT2D eigenvalue weighted by atomic mass is 9.86. The molecule has 2 N–H and O–H groups in total. The second-order valence-corrected chi connectivity index (χ2v) is 8.40. The molecule has 0 saturated heterocycles. The van der Waals surface area contributed by atoms with Crippen molar-refractivity contribution in [1.82, 2.24) is 10.0 Å². The zero-order valence-electron chi connectivity index (χ0n) is 14.2. The van der Waals surface area contributed by atoms with Crippen LogP contribution in [0.4, 0.5) is 5.69 Å². The third-order valence-electron chi connectivity index (χ3n) is 4.83. The van der Waals surface area contributed by atoms with Crippen LogP contribution in [0, 0.1) is 5.92 Å². The van der Waals surface area contributed by atoms with Crippen molar-refractivity contribution in [2.45, 2.75) is 25.7 Å². The maximum atomic E-state index is 12.1. The van der Waals surface area contributed by atoms with Crippen LogP contribution < -0.4 is 14.9 Å². The number of nitrogens with zero attached hydrogens (tertiary/aromatic N) is 2. The first kappa shape index (κ1) is 17.2. The van der Waals surface area contributed by atoms with E-state index in [2.05, 4.69) is 32.1 Å². The van der Waals surface area contributed by atoms with Gasteiger partial charge in [0.25, 0.3) is 0 Å². The highest BCUT2D eigenvalue weighted by atomic mass is 32.2. The molecule has 24 heavy (non-hydrogen) atoms. The van der Waals surface area contributed by atoms with Crippen LogP contribution in [-0.4, -0.2) is 46.8 Å². The molecule has 1 aliphatic heterocycles. The molecule has 6 nitrogen and oxygen atoms in total. The van der Waals surface area contributed by atoms with Crippen LogP contribution in [-0.2, 0) is 16.4 Å². The number of benzene rings is 1. The van der Waals surface area contributed by atoms with Gasteiger partial charge in [-0.1, -0.05) is 24.6 Å². The molecule has 1 aromatic rings. The van der Waals surface area contributed by atoms with Gasteiger partial charge >= 0.3 is 0 Å². The van der Waals surface area contributed by atoms with Crippen molar-refractivity contribution in [2.75, 3.05) is 37.3 Å². The molecule has 1 saturated carbocycles. The minimum absolute atomic E-state index is 0.0637. The summed E-state index contributed by atoms with van der Waals surface area (Å²) in [6.45, 7) is 1.80. The monoisotopic (exact) mass is 350 g/mol. The molecule has 0 atom stereocenters. The third kappa shape index (κ3) is 4.08. The maximum Gasteiger partial charge on any atom is 0.213 e. The molecule has 1 fully saturated rings. The average Bonchev–Trinajstić information content (AvgIpc) is 2.94. The van der Waals surface area contributed by atoms with E-state index in [-0.39, 0.29) is 5.75 Å². The Balaban J connectivity index is 1.50. The fourth-order valence-electron chi connectivity index (χ4n) is 3.16. The van der Waals surface area contributed by atoms with Crippen molar-refractivity contribution in [3.8, 4) is 0 Å². The molecule has 0 bridgehead atoms. The lowest BCUT2D eigenvalue weighted by Gasteiger charge is -2.25. The van der Waals surface area contributed by atoms with E-state index in [9.17, 15) is 8.42 Å². The Hall–Kier alpha value is -1.60. The number of sulfonamides is 1. The van der Waals surface area contributed by atoms with Crippen molar-refractivity contribution < 1.29 is 8.42 Å². The molecule has 132 valence electrons. The van der Waals surface area contributed by atoms with Gasteiger partial charge in [0.2, 0.25) is 10.0 Å². The SMILES string of the molecule is CN=C(NCCS(=O)(=O)NCC1CCC1)N1CCc2ccccc21. The molecular weight excluding hydrogens is 324 g/mol. The normalized spacial score (nSPS) is 18.4. The van der Waals surface area contributed by atoms with E-state index >= 15 is 0 Å². The molecule has 1 heterocycles. The van der Waals surface area contributed by atoms with Gasteiger partial charge in [0.15, 0.2) is 5.96 Å². The first-order chi connectivity index (χ1) is 11.6. The predicted octanol–water partition coefficient (Wildman–Crippen LogP) is 1.34. The molecule has 7 heteroatoms. The number of nitrogens with one attached hydrogen (secondary N) is 2. The fourth-order valence-corrected chi connectivity index (χ4v) is 4.17. The second-order valence-electron chi connectivity index (χ2n) is 6.47. The molecule has 0 unspecified atom stereocenters. The zero-order chi connectivity index (χ0) is 17.0. The molecule has 1 aliphatic carbocycles. The third-order valence-corrected chi connectivity index (χ3v) is 6.17. The molecule has 3 rings (SSSR count). The summed E-state index contributed by atoms with van der Waals surface area (Å²) >= 11 is 0. The van der Waals surface area contributed by atoms with Crippen LogP contribution in [0.25, 0.3) is 0 Å². The van der Waals surface area contributed by atoms with Crippen LogP contribution in [0.5, 0.6) is 0 Å². The topological polar surface area (TPSA) is 73.8 Å². The van der Waals surface area contributed by atoms with Gasteiger partial charge in [-0.15, -0.1) is 0 Å². The predicted molar refractivity (Wildman–Crippen MR) is 98.0 cm³/mol. The van der Waals surface area contributed by atoms with E-state index in [0.29, 0.717) is 19.0 Å². The summed E-state index contributed by atoms with van der Waals surface area (Å²) in [7, 11) is -1.50. The average molecular weight is 350 g/mol. The fraction of sp³-hybridized carbons (Fsp3) is 0.588. The van der Waals surface area contributed by atoms with E-state index in [1.807, 2.05) is 12.1 Å². The Morgan fingerprint density at radius 2 is 2.12 bits per heavy atom. The van der Waals surface area contributed by atoms with Gasteiger partial charge in [-0.25, -0.2) is 13.1 Å². The van der Waals surface area contributed by atoms with Gasteiger partial charge in [0.1, 0.15) is 0 Å². The number of hydrogen-bond donors (Lipinski definition) is 2. The Morgan fingerprint density at radius 1 is 1.33 bits per heavy atom. The summed E-state index contributed by atoms with van der Waals surface area (Å²) < 4.78 is 26.8. The summed E-state index contributed by atoms with van der Waals surface area (Å²) in [5.41, 5.74) is 2.45. The maximum absolute atomic E-state index is 12.1. The summed E-state index contributed by atoms with van der Waals surface area (Å²) in [6, 6.07) is 8.25. The standard InChI is InChI=1S/C17H26N4O2S/c1-18-17(21-11-9-15-7-2-3-8-16(15)21)19-10-12-24(22,23)20-13-14-5-4-6-14/h2-3,7-8,14,20H,4-6,9-13H2,1H3,(H,18,19). The molecule has 0 aromatic heterocycles. The quantitative estimate of drug-likeness (QED) is 0.600. The van der Waals surface area contributed by atoms with Crippen LogP contribution in [0.2, 0.25) is 0 Å². The van der Waals surface area contributed by atoms with Crippen molar-refractivity contribution in [3.63, 3.8) is 0 Å². The zero-order valence-corrected chi connectivity index (χ0v) is 15.0. The Bertz CT molecular complexity index is 698. The Morgan fingerprint density at radius 3 is 2.83 bits per heavy atom. The van der Waals surface area contributed by atoms with Crippen molar-refractivity contribution >= 4 is 21.7 Å². The first-order valence-electron chi connectivity index (χ1n) is 8.62. The Labute approximate surface area is 144 Å². The minimum Gasteiger partial charge on any atom is -0.355 e. The second kappa shape index (κ2) is 7.53. The van der Waals surface area contributed by atoms with E-state index in [1.54, 1.807) is 7.05 Å². The van der Waals surface area contributed by atoms with Crippen molar-refractivity contribution in [3.05, 3.63) is 29.8 Å². The summed E-state index contributed by atoms with van der Waals surface area (Å²) in [5, 5.41) is 3.18. The number of anilines is 1. The largest absolute Gasteiger partial charge is 0.355 e. The lowest BCUT2D eigenvalue weighted by molar-refractivity contribution is 0.316. The van der Waals surface area contributed by atoms with E-state index in [4.69, 9.17) is 0 Å². The number of fused-ring (bicyclic) bond motifs is 1. The highest BCUT2D eigenvalue weighted by Gasteiger charge is 2.23. The van der Waals surface area contributed by atoms with Gasteiger partial charge in [0.05, 0.1) is 5.75 Å². The van der Waals surface area contributed by atoms with Gasteiger partial charge in [-0.2, -0.15) is 0 Å². The van der Waals surface area contributed by atoms with Gasteiger partial charge in [0, 0.05) is 32.4 Å². The number of rotatable bonds is 6. The number of guanidine groups is 1. The van der Waals surface area contributed by atoms with Crippen LogP contribution in [0.1, 0.15) is 24.8 Å². The van der Waals surface area contributed by atoms with Crippen LogP contribution in [0.3, 0.4) is 0 Å². The lowest BCUT2D eigenvalue weighted by Crippen LogP contribution is -2.43. The van der Waals surface area contributed by atoms with Gasteiger partial charge in [-0.3, -0.25) is 4.99 Å². The van der Waals surface area contributed by atoms with Crippen molar-refractivity contribution in [2.24, 2.45) is 10.9 Å². The first-order valence-corrected chi connectivity index (χ1v) is 10.3. The molecule has 0 spiro atoms. The molecule has 0 radical (unpaired) electrons. The van der Waals surface area contributed by atoms with Gasteiger partial charge in [-0.05, 0) is 36.8 Å². The summed E-state index contributed by atoms with van der Waals surface area (Å²) in [4.78, 5) is 6.42. The molecule has 0 amide bonds. The van der Waals surface area contributed by atoms with Crippen LogP contribution >= 0.6 is 0 Å². The number of para-hydroxylation sites is 1. The van der Waals surface area contributed by atoms with Crippen molar-refractivity contribution in [1.29, 1.82) is 0 Å². The summed E-state index contributed by atoms with van der Waals surface area (Å²) in [6.07, 6.45) is 4.49. The summed E-state index contributed by atoms with van der Waals surface area (Å²) in [5.74, 6) is 1.32. The van der Waals surface area contributed by atoms with E-state index < -0.39 is 10.0 Å². The number of hydrogen-bond acceptors (Lipinski definition) is 3. The highest BCUT2D eigenvalue weighted by Crippen LogP contribution is 2.27. The van der Waals surface area contributed by atoms with E-state index in [0.717, 1.165) is 37.5 Å². The number of aliphatic imine (C=N–C) groups is 1. The Kier molecular flexibility index (Phi) is 5.40. The smallest absolute Gasteiger partial charge is 0.213 e. The van der Waals surface area contributed by atoms with Crippen LogP contribution in [0.15, 0.2) is 29.3 Å². The van der Waals surface area contributed by atoms with E-state index in [1.165, 1.54) is 12.0 Å². The van der Waals surface area contributed by atoms with Gasteiger partial charge < -0.3 is 10.2 Å².